The van der Waals surface area contributed by atoms with E-state index in [1.807, 2.05) is 48.5 Å². The Balaban J connectivity index is 1.61. The second-order valence-electron chi connectivity index (χ2n) is 4.96. The highest BCUT2D eigenvalue weighted by molar-refractivity contribution is 5.59. The lowest BCUT2D eigenvalue weighted by Crippen LogP contribution is -2.11. The predicted molar refractivity (Wildman–Crippen MR) is 85.5 cm³/mol. The number of pyridine rings is 1. The number of methoxy groups -OCH3 is 1. The lowest BCUT2D eigenvalue weighted by molar-refractivity contribution is 0.414. The van der Waals surface area contributed by atoms with Crippen molar-refractivity contribution in [2.24, 2.45) is 0 Å². The van der Waals surface area contributed by atoms with Crippen LogP contribution in [0.5, 0.6) is 5.75 Å². The van der Waals surface area contributed by atoms with Crippen LogP contribution in [0.2, 0.25) is 0 Å². The van der Waals surface area contributed by atoms with Crippen LogP contribution < -0.4 is 10.1 Å². The van der Waals surface area contributed by atoms with Gasteiger partial charge < -0.3 is 14.5 Å². The van der Waals surface area contributed by atoms with Crippen LogP contribution in [0.15, 0.2) is 65.3 Å². The molecule has 0 amide bonds. The molecule has 22 heavy (non-hydrogen) atoms. The lowest BCUT2D eigenvalue weighted by Gasteiger charge is -2.03. The maximum atomic E-state index is 5.88. The van der Waals surface area contributed by atoms with E-state index in [-0.39, 0.29) is 0 Å². The second kappa shape index (κ2) is 6.91. The molecule has 0 aliphatic rings. The van der Waals surface area contributed by atoms with E-state index in [0.717, 1.165) is 29.4 Å². The van der Waals surface area contributed by atoms with Crippen LogP contribution in [0.4, 0.5) is 0 Å². The molecule has 112 valence electrons. The number of rotatable bonds is 6. The summed E-state index contributed by atoms with van der Waals surface area (Å²) in [4.78, 5) is 4.01. The predicted octanol–water partition coefficient (Wildman–Crippen LogP) is 3.64. The van der Waals surface area contributed by atoms with Crippen molar-refractivity contribution in [1.29, 1.82) is 0 Å². The van der Waals surface area contributed by atoms with Crippen molar-refractivity contribution >= 4 is 0 Å². The van der Waals surface area contributed by atoms with Gasteiger partial charge in [0.05, 0.1) is 13.7 Å². The summed E-state index contributed by atoms with van der Waals surface area (Å²) >= 11 is 0. The highest BCUT2D eigenvalue weighted by Crippen LogP contribution is 2.25. The van der Waals surface area contributed by atoms with Gasteiger partial charge in [0.25, 0.3) is 0 Å². The molecule has 0 bridgehead atoms. The lowest BCUT2D eigenvalue weighted by atomic mass is 10.2. The van der Waals surface area contributed by atoms with Gasteiger partial charge in [-0.05, 0) is 42.0 Å². The molecule has 0 saturated heterocycles. The minimum Gasteiger partial charge on any atom is -0.497 e. The van der Waals surface area contributed by atoms with Crippen molar-refractivity contribution in [1.82, 2.24) is 10.3 Å². The van der Waals surface area contributed by atoms with Crippen molar-refractivity contribution in [2.75, 3.05) is 7.11 Å². The molecule has 2 aromatic heterocycles. The van der Waals surface area contributed by atoms with Crippen molar-refractivity contribution in [2.45, 2.75) is 13.1 Å². The van der Waals surface area contributed by atoms with Gasteiger partial charge >= 0.3 is 0 Å². The van der Waals surface area contributed by atoms with E-state index in [0.29, 0.717) is 6.54 Å². The number of aromatic nitrogens is 1. The third-order valence-electron chi connectivity index (χ3n) is 3.39. The topological polar surface area (TPSA) is 47.3 Å². The van der Waals surface area contributed by atoms with Gasteiger partial charge in [-0.2, -0.15) is 0 Å². The molecule has 4 nitrogen and oxygen atoms in total. The standard InChI is InChI=1S/C18H18N2O2/c1-21-16-4-2-3-15(11-16)18-6-5-17(22-18)13-20-12-14-7-9-19-10-8-14/h2-11,20H,12-13H2,1H3. The largest absolute Gasteiger partial charge is 0.497 e. The van der Waals surface area contributed by atoms with E-state index in [4.69, 9.17) is 9.15 Å². The highest BCUT2D eigenvalue weighted by Gasteiger charge is 2.05. The van der Waals surface area contributed by atoms with Gasteiger partial charge in [-0.1, -0.05) is 12.1 Å². The van der Waals surface area contributed by atoms with Gasteiger partial charge in [0, 0.05) is 24.5 Å². The first-order valence-corrected chi connectivity index (χ1v) is 7.18. The zero-order valence-corrected chi connectivity index (χ0v) is 12.5. The molecule has 0 saturated carbocycles. The van der Waals surface area contributed by atoms with E-state index >= 15 is 0 Å². The number of furan rings is 1. The third-order valence-corrected chi connectivity index (χ3v) is 3.39. The zero-order chi connectivity index (χ0) is 15.2. The molecule has 4 heteroatoms. The SMILES string of the molecule is COc1cccc(-c2ccc(CNCc3ccncc3)o2)c1. The molecule has 3 rings (SSSR count). The second-order valence-corrected chi connectivity index (χ2v) is 4.96. The van der Waals surface area contributed by atoms with Gasteiger partial charge in [0.15, 0.2) is 0 Å². The fourth-order valence-corrected chi connectivity index (χ4v) is 2.24. The zero-order valence-electron chi connectivity index (χ0n) is 12.5. The Morgan fingerprint density at radius 3 is 2.73 bits per heavy atom. The number of hydrogen-bond acceptors (Lipinski definition) is 4. The molecule has 0 radical (unpaired) electrons. The van der Waals surface area contributed by atoms with E-state index in [1.54, 1.807) is 19.5 Å². The minimum absolute atomic E-state index is 0.687. The van der Waals surface area contributed by atoms with Gasteiger partial charge in [-0.25, -0.2) is 0 Å². The van der Waals surface area contributed by atoms with Crippen molar-refractivity contribution in [3.63, 3.8) is 0 Å². The molecule has 0 fully saturated rings. The van der Waals surface area contributed by atoms with Crippen LogP contribution in [-0.2, 0) is 13.1 Å². The molecule has 1 N–H and O–H groups in total. The summed E-state index contributed by atoms with van der Waals surface area (Å²) in [6, 6.07) is 15.8. The van der Waals surface area contributed by atoms with Crippen LogP contribution in [0.1, 0.15) is 11.3 Å². The van der Waals surface area contributed by atoms with E-state index in [1.165, 1.54) is 5.56 Å². The average Bonchev–Trinajstić information content (AvgIpc) is 3.05. The molecule has 0 aliphatic heterocycles. The van der Waals surface area contributed by atoms with E-state index in [2.05, 4.69) is 10.3 Å². The molecule has 0 unspecified atom stereocenters. The maximum absolute atomic E-state index is 5.88. The average molecular weight is 294 g/mol. The first-order chi connectivity index (χ1) is 10.8. The summed E-state index contributed by atoms with van der Waals surface area (Å²) in [6.07, 6.45) is 3.59. The molecule has 0 spiro atoms. The Bertz CT molecular complexity index is 723. The quantitative estimate of drug-likeness (QED) is 0.754. The van der Waals surface area contributed by atoms with Crippen LogP contribution in [-0.4, -0.2) is 12.1 Å². The monoisotopic (exact) mass is 294 g/mol. The molecule has 3 aromatic rings. The Morgan fingerprint density at radius 1 is 1.05 bits per heavy atom. The molecule has 0 aliphatic carbocycles. The van der Waals surface area contributed by atoms with E-state index < -0.39 is 0 Å². The smallest absolute Gasteiger partial charge is 0.134 e. The number of nitrogens with one attached hydrogen (secondary N) is 1. The van der Waals surface area contributed by atoms with Crippen molar-refractivity contribution in [3.05, 3.63) is 72.2 Å². The van der Waals surface area contributed by atoms with Gasteiger partial charge in [-0.15, -0.1) is 0 Å². The van der Waals surface area contributed by atoms with Crippen LogP contribution >= 0.6 is 0 Å². The van der Waals surface area contributed by atoms with Crippen LogP contribution in [0.3, 0.4) is 0 Å². The van der Waals surface area contributed by atoms with Crippen molar-refractivity contribution < 1.29 is 9.15 Å². The summed E-state index contributed by atoms with van der Waals surface area (Å²) in [5, 5.41) is 3.36. The number of benzene rings is 1. The normalized spacial score (nSPS) is 10.6. The van der Waals surface area contributed by atoms with Gasteiger partial charge in [0.2, 0.25) is 0 Å². The third kappa shape index (κ3) is 3.54. The molecule has 0 atom stereocenters. The summed E-state index contributed by atoms with van der Waals surface area (Å²) in [5.41, 5.74) is 2.22. The number of nitrogens with zero attached hydrogens (tertiary/aromatic N) is 1. The molecular weight excluding hydrogens is 276 g/mol. The first kappa shape index (κ1) is 14.4. The number of hydrogen-bond donors (Lipinski definition) is 1. The maximum Gasteiger partial charge on any atom is 0.134 e. The molecular formula is C18H18N2O2. The fourth-order valence-electron chi connectivity index (χ4n) is 2.24. The van der Waals surface area contributed by atoms with Gasteiger partial charge in [-0.3, -0.25) is 4.98 Å². The highest BCUT2D eigenvalue weighted by atomic mass is 16.5. The first-order valence-electron chi connectivity index (χ1n) is 7.18. The Labute approximate surface area is 129 Å². The van der Waals surface area contributed by atoms with Gasteiger partial charge in [0.1, 0.15) is 17.3 Å². The van der Waals surface area contributed by atoms with E-state index in [9.17, 15) is 0 Å². The summed E-state index contributed by atoms with van der Waals surface area (Å²) in [5.74, 6) is 2.58. The minimum atomic E-state index is 0.687. The summed E-state index contributed by atoms with van der Waals surface area (Å²) in [6.45, 7) is 1.48. The Morgan fingerprint density at radius 2 is 1.91 bits per heavy atom. The Hall–Kier alpha value is -2.59. The summed E-state index contributed by atoms with van der Waals surface area (Å²) < 4.78 is 11.1. The molecule has 1 aromatic carbocycles. The summed E-state index contributed by atoms with van der Waals surface area (Å²) in [7, 11) is 1.66. The Kier molecular flexibility index (Phi) is 4.51. The van der Waals surface area contributed by atoms with Crippen LogP contribution in [0.25, 0.3) is 11.3 Å². The van der Waals surface area contributed by atoms with Crippen LogP contribution in [0, 0.1) is 0 Å². The van der Waals surface area contributed by atoms with Crippen molar-refractivity contribution in [3.8, 4) is 17.1 Å². The molecule has 2 heterocycles. The number of ether oxygens (including phenoxy) is 1. The fraction of sp³-hybridized carbons (Fsp3) is 0.167.